The Morgan fingerprint density at radius 1 is 0.553 bits per heavy atom. The molecule has 3 heteroatoms. The number of hydrogen-bond acceptors (Lipinski definition) is 2. The van der Waals surface area contributed by atoms with Gasteiger partial charge in [0.05, 0.1) is 27.5 Å². The van der Waals surface area contributed by atoms with Gasteiger partial charge in [-0.15, -0.1) is 0 Å². The average molecular weight is 507 g/mol. The van der Waals surface area contributed by atoms with E-state index in [-0.39, 0.29) is 0 Å². The maximum absolute atomic E-state index is 6.42. The molecule has 4 aromatic rings. The van der Waals surface area contributed by atoms with Crippen molar-refractivity contribution in [3.63, 3.8) is 0 Å². The monoisotopic (exact) mass is 506 g/mol. The van der Waals surface area contributed by atoms with Crippen molar-refractivity contribution in [3.05, 3.63) is 54.6 Å². The highest BCUT2D eigenvalue weighted by molar-refractivity contribution is 6.24. The fraction of sp³-hybridized carbons (Fsp3) is 0.457. The summed E-state index contributed by atoms with van der Waals surface area (Å²) in [5.74, 6) is 0. The minimum Gasteiger partial charge on any atom is -0.456 e. The predicted molar refractivity (Wildman–Crippen MR) is 163 cm³/mol. The Bertz CT molecular complexity index is 1570. The Labute approximate surface area is 226 Å². The molecule has 2 aliphatic rings. The third kappa shape index (κ3) is 4.88. The summed E-state index contributed by atoms with van der Waals surface area (Å²) in [5.41, 5.74) is 9.11. The molecular formula is C35H42N2O. The molecule has 2 aliphatic heterocycles. The van der Waals surface area contributed by atoms with E-state index < -0.39 is 0 Å². The van der Waals surface area contributed by atoms with Crippen LogP contribution in [0.3, 0.4) is 0 Å². The molecule has 0 amide bonds. The molecular weight excluding hydrogens is 464 g/mol. The molecule has 0 bridgehead atoms. The van der Waals surface area contributed by atoms with Crippen LogP contribution in [0.25, 0.3) is 55.1 Å². The number of pyridine rings is 2. The summed E-state index contributed by atoms with van der Waals surface area (Å²) in [7, 11) is 0. The second kappa shape index (κ2) is 11.8. The summed E-state index contributed by atoms with van der Waals surface area (Å²) in [4.78, 5) is 5.05. The van der Waals surface area contributed by atoms with Crippen molar-refractivity contribution >= 4 is 44.0 Å². The van der Waals surface area contributed by atoms with Gasteiger partial charge in [-0.3, -0.25) is 0 Å². The Hall–Kier alpha value is -3.07. The molecule has 38 heavy (non-hydrogen) atoms. The fourth-order valence-electron chi connectivity index (χ4n) is 6.59. The first-order chi connectivity index (χ1) is 18.9. The van der Waals surface area contributed by atoms with Gasteiger partial charge in [0.25, 0.3) is 0 Å². The molecule has 3 heterocycles. The minimum atomic E-state index is 0.923. The number of unbranched alkanes of at least 4 members (excludes halogenated alkanes) is 13. The van der Waals surface area contributed by atoms with E-state index in [1.54, 1.807) is 0 Å². The van der Waals surface area contributed by atoms with Gasteiger partial charge in [-0.2, -0.15) is 0 Å². The van der Waals surface area contributed by atoms with E-state index in [2.05, 4.69) is 60.0 Å². The van der Waals surface area contributed by atoms with Gasteiger partial charge in [-0.1, -0.05) is 109 Å². The summed E-state index contributed by atoms with van der Waals surface area (Å²) in [6.07, 6.45) is 19.4. The minimum absolute atomic E-state index is 0.923. The summed E-state index contributed by atoms with van der Waals surface area (Å²) < 4.78 is 8.94. The van der Waals surface area contributed by atoms with Gasteiger partial charge in [-0.25, -0.2) is 4.98 Å². The van der Waals surface area contributed by atoms with Crippen LogP contribution in [0, 0.1) is 0 Å². The van der Waals surface area contributed by atoms with E-state index >= 15 is 0 Å². The maximum atomic E-state index is 6.42. The SMILES string of the molecule is CCCCCCCCCCCCCCCCn1c2cccc3oc4cccc5nc6cccc1c6c(c54)-c32. The first-order valence-corrected chi connectivity index (χ1v) is 15.3. The first kappa shape index (κ1) is 25.2. The smallest absolute Gasteiger partial charge is 0.137 e. The second-order valence-corrected chi connectivity index (χ2v) is 11.3. The zero-order valence-corrected chi connectivity index (χ0v) is 23.1. The van der Waals surface area contributed by atoms with Gasteiger partial charge in [0, 0.05) is 23.1 Å². The molecule has 0 unspecified atom stereocenters. The summed E-state index contributed by atoms with van der Waals surface area (Å²) in [6, 6.07) is 19.4. The Kier molecular flexibility index (Phi) is 7.81. The molecule has 0 saturated heterocycles. The van der Waals surface area contributed by atoms with Crippen LogP contribution in [-0.4, -0.2) is 9.55 Å². The molecule has 6 rings (SSSR count). The summed E-state index contributed by atoms with van der Waals surface area (Å²) >= 11 is 0. The van der Waals surface area contributed by atoms with Crippen LogP contribution in [0.4, 0.5) is 0 Å². The highest BCUT2D eigenvalue weighted by Crippen LogP contribution is 2.47. The predicted octanol–water partition coefficient (Wildman–Crippen LogP) is 11.1. The van der Waals surface area contributed by atoms with Crippen LogP contribution >= 0.6 is 0 Å². The lowest BCUT2D eigenvalue weighted by atomic mass is 9.91. The fourth-order valence-corrected chi connectivity index (χ4v) is 6.59. The topological polar surface area (TPSA) is 31.0 Å². The van der Waals surface area contributed by atoms with Gasteiger partial charge in [0.1, 0.15) is 11.2 Å². The van der Waals surface area contributed by atoms with Crippen molar-refractivity contribution in [2.75, 3.05) is 0 Å². The van der Waals surface area contributed by atoms with Crippen molar-refractivity contribution in [2.24, 2.45) is 0 Å². The van der Waals surface area contributed by atoms with E-state index in [0.717, 1.165) is 34.1 Å². The van der Waals surface area contributed by atoms with E-state index in [4.69, 9.17) is 9.40 Å². The summed E-state index contributed by atoms with van der Waals surface area (Å²) in [5, 5.41) is 2.43. The number of hydrogen-bond donors (Lipinski definition) is 0. The van der Waals surface area contributed by atoms with Crippen molar-refractivity contribution in [1.82, 2.24) is 9.55 Å². The highest BCUT2D eigenvalue weighted by atomic mass is 16.3. The van der Waals surface area contributed by atoms with Crippen molar-refractivity contribution in [3.8, 4) is 11.1 Å². The number of nitrogens with zero attached hydrogens (tertiary/aromatic N) is 2. The first-order valence-electron chi connectivity index (χ1n) is 15.3. The largest absolute Gasteiger partial charge is 0.456 e. The number of benzene rings is 3. The molecule has 0 N–H and O–H groups in total. The molecule has 1 aromatic heterocycles. The zero-order chi connectivity index (χ0) is 25.7. The van der Waals surface area contributed by atoms with Crippen LogP contribution in [0.5, 0.6) is 0 Å². The van der Waals surface area contributed by atoms with Gasteiger partial charge < -0.3 is 8.98 Å². The molecule has 0 fully saturated rings. The van der Waals surface area contributed by atoms with Crippen LogP contribution in [0.1, 0.15) is 96.8 Å². The third-order valence-electron chi connectivity index (χ3n) is 8.56. The van der Waals surface area contributed by atoms with Gasteiger partial charge in [0.2, 0.25) is 0 Å². The Morgan fingerprint density at radius 3 is 1.82 bits per heavy atom. The van der Waals surface area contributed by atoms with Crippen LogP contribution in [-0.2, 0) is 6.54 Å². The molecule has 0 radical (unpaired) electrons. The van der Waals surface area contributed by atoms with E-state index in [9.17, 15) is 0 Å². The van der Waals surface area contributed by atoms with Crippen LogP contribution < -0.4 is 0 Å². The zero-order valence-electron chi connectivity index (χ0n) is 23.1. The van der Waals surface area contributed by atoms with Gasteiger partial charge in [-0.05, 0) is 42.8 Å². The number of aryl methyl sites for hydroxylation is 1. The van der Waals surface area contributed by atoms with Crippen LogP contribution in [0.2, 0.25) is 0 Å². The number of aromatic nitrogens is 2. The second-order valence-electron chi connectivity index (χ2n) is 11.3. The van der Waals surface area contributed by atoms with Crippen molar-refractivity contribution < 1.29 is 4.42 Å². The normalized spacial score (nSPS) is 12.3. The molecule has 0 spiro atoms. The molecule has 3 aromatic carbocycles. The van der Waals surface area contributed by atoms with E-state index in [1.807, 2.05) is 6.07 Å². The average Bonchev–Trinajstić information content (AvgIpc) is 2.94. The molecule has 0 saturated carbocycles. The van der Waals surface area contributed by atoms with Gasteiger partial charge in [0.15, 0.2) is 0 Å². The van der Waals surface area contributed by atoms with Crippen molar-refractivity contribution in [1.29, 1.82) is 0 Å². The molecule has 198 valence electrons. The summed E-state index contributed by atoms with van der Waals surface area (Å²) in [6.45, 7) is 3.33. The third-order valence-corrected chi connectivity index (χ3v) is 8.56. The Morgan fingerprint density at radius 2 is 1.11 bits per heavy atom. The molecule has 0 aliphatic carbocycles. The highest BCUT2D eigenvalue weighted by Gasteiger charge is 2.25. The molecule has 0 atom stereocenters. The van der Waals surface area contributed by atoms with Gasteiger partial charge >= 0.3 is 0 Å². The maximum Gasteiger partial charge on any atom is 0.137 e. The quantitative estimate of drug-likeness (QED) is 0.0787. The lowest BCUT2D eigenvalue weighted by Gasteiger charge is -2.24. The lowest BCUT2D eigenvalue weighted by Crippen LogP contribution is -2.08. The molecule has 3 nitrogen and oxygen atoms in total. The Balaban J connectivity index is 1.11. The van der Waals surface area contributed by atoms with E-state index in [0.29, 0.717) is 0 Å². The van der Waals surface area contributed by atoms with E-state index in [1.165, 1.54) is 117 Å². The van der Waals surface area contributed by atoms with Crippen LogP contribution in [0.15, 0.2) is 59.0 Å². The number of rotatable bonds is 15. The standard InChI is InChI=1S/C35H42N2O/c1-2-3-4-5-6-7-8-9-10-11-12-13-14-15-25-37-28-21-16-19-26-32(28)35-33-27(36-26)20-17-23-30(33)38-31-24-18-22-29(37)34(31)35/h16-24H,2-15,25H2,1H3. The van der Waals surface area contributed by atoms with Crippen molar-refractivity contribution in [2.45, 2.75) is 103 Å². The lowest BCUT2D eigenvalue weighted by molar-refractivity contribution is 0.528.